The molecular formula is C10H12Cl4. The van der Waals surface area contributed by atoms with Crippen LogP contribution in [0.3, 0.4) is 0 Å². The molecule has 0 heterocycles. The van der Waals surface area contributed by atoms with Crippen molar-refractivity contribution in [1.82, 2.24) is 0 Å². The molecule has 4 heteroatoms. The summed E-state index contributed by atoms with van der Waals surface area (Å²) >= 11 is 0. The van der Waals surface area contributed by atoms with Gasteiger partial charge in [-0.25, -0.2) is 0 Å². The summed E-state index contributed by atoms with van der Waals surface area (Å²) in [5, 5.41) is 2.62. The summed E-state index contributed by atoms with van der Waals surface area (Å²) in [4.78, 5) is 0. The molecule has 2 aromatic rings. The second kappa shape index (κ2) is 9.42. The van der Waals surface area contributed by atoms with Crippen molar-refractivity contribution in [1.29, 1.82) is 0 Å². The normalized spacial score (nSPS) is 7.14. The summed E-state index contributed by atoms with van der Waals surface area (Å²) in [6, 6.07) is 16.7. The summed E-state index contributed by atoms with van der Waals surface area (Å²) in [5.74, 6) is 0. The van der Waals surface area contributed by atoms with Crippen molar-refractivity contribution in [2.45, 2.75) is 0 Å². The zero-order valence-corrected chi connectivity index (χ0v) is 10.5. The van der Waals surface area contributed by atoms with Crippen LogP contribution in [0.2, 0.25) is 0 Å². The highest BCUT2D eigenvalue weighted by Gasteiger charge is 1.85. The maximum atomic E-state index is 2.12. The van der Waals surface area contributed by atoms with Gasteiger partial charge in [0.1, 0.15) is 0 Å². The highest BCUT2D eigenvalue weighted by Crippen LogP contribution is 2.11. The third kappa shape index (κ3) is 4.39. The molecule has 0 fully saturated rings. The van der Waals surface area contributed by atoms with E-state index >= 15 is 0 Å². The van der Waals surface area contributed by atoms with Gasteiger partial charge in [-0.1, -0.05) is 48.5 Å². The van der Waals surface area contributed by atoms with E-state index in [1.165, 1.54) is 10.8 Å². The van der Waals surface area contributed by atoms with Gasteiger partial charge in [-0.15, -0.1) is 49.6 Å². The zero-order chi connectivity index (χ0) is 6.81. The first-order valence-corrected chi connectivity index (χ1v) is 3.40. The highest BCUT2D eigenvalue weighted by molar-refractivity contribution is 5.86. The van der Waals surface area contributed by atoms with E-state index in [-0.39, 0.29) is 49.6 Å². The molecule has 0 radical (unpaired) electrons. The molecule has 0 N–H and O–H groups in total. The Balaban J connectivity index is -0.000000302. The second-order valence-electron chi connectivity index (χ2n) is 2.35. The van der Waals surface area contributed by atoms with Gasteiger partial charge in [0.25, 0.3) is 0 Å². The molecule has 2 rings (SSSR count). The van der Waals surface area contributed by atoms with Crippen molar-refractivity contribution in [3.8, 4) is 0 Å². The largest absolute Gasteiger partial charge is 0.147 e. The van der Waals surface area contributed by atoms with Crippen LogP contribution in [-0.2, 0) is 0 Å². The number of fused-ring (bicyclic) bond motifs is 1. The summed E-state index contributed by atoms with van der Waals surface area (Å²) in [6.07, 6.45) is 0. The monoisotopic (exact) mass is 272 g/mol. The minimum atomic E-state index is 0. The molecule has 0 atom stereocenters. The first-order chi connectivity index (χ1) is 4.97. The van der Waals surface area contributed by atoms with Crippen molar-refractivity contribution in [2.75, 3.05) is 0 Å². The fourth-order valence-corrected chi connectivity index (χ4v) is 1.13. The maximum Gasteiger partial charge on any atom is -0.0184 e. The molecule has 0 amide bonds. The lowest BCUT2D eigenvalue weighted by Gasteiger charge is -1.92. The molecule has 0 bridgehead atoms. The predicted molar refractivity (Wildman–Crippen MR) is 72.9 cm³/mol. The Bertz CT molecular complexity index is 283. The molecule has 0 aliphatic carbocycles. The van der Waals surface area contributed by atoms with E-state index in [9.17, 15) is 0 Å². The van der Waals surface area contributed by atoms with Crippen LogP contribution in [0.5, 0.6) is 0 Å². The van der Waals surface area contributed by atoms with Crippen LogP contribution in [0.25, 0.3) is 10.8 Å². The minimum absolute atomic E-state index is 0. The van der Waals surface area contributed by atoms with E-state index in [0.29, 0.717) is 0 Å². The van der Waals surface area contributed by atoms with Gasteiger partial charge < -0.3 is 0 Å². The molecule has 14 heavy (non-hydrogen) atoms. The van der Waals surface area contributed by atoms with Gasteiger partial charge in [0.05, 0.1) is 0 Å². The molecule has 0 aromatic heterocycles. The van der Waals surface area contributed by atoms with Crippen LogP contribution in [0.4, 0.5) is 0 Å². The van der Waals surface area contributed by atoms with Gasteiger partial charge in [0, 0.05) is 0 Å². The Morgan fingerprint density at radius 2 is 0.643 bits per heavy atom. The van der Waals surface area contributed by atoms with Crippen LogP contribution >= 0.6 is 49.6 Å². The van der Waals surface area contributed by atoms with Crippen LogP contribution in [-0.4, -0.2) is 0 Å². The Labute approximate surface area is 109 Å². The molecule has 2 aromatic carbocycles. The summed E-state index contributed by atoms with van der Waals surface area (Å²) in [6.45, 7) is 0. The van der Waals surface area contributed by atoms with E-state index in [1.807, 2.05) is 0 Å². The first kappa shape index (κ1) is 19.4. The van der Waals surface area contributed by atoms with Gasteiger partial charge in [0.2, 0.25) is 0 Å². The lowest BCUT2D eigenvalue weighted by molar-refractivity contribution is 1.75. The third-order valence-corrected chi connectivity index (χ3v) is 1.66. The van der Waals surface area contributed by atoms with E-state index < -0.39 is 0 Å². The molecule has 0 nitrogen and oxygen atoms in total. The van der Waals surface area contributed by atoms with Gasteiger partial charge in [0.15, 0.2) is 0 Å². The zero-order valence-electron chi connectivity index (χ0n) is 7.25. The standard InChI is InChI=1S/C10H8.4ClH/c1-2-6-10-8-4-3-7-9(10)5-1;;;;/h1-8H;4*1H. The quantitative estimate of drug-likeness (QED) is 0.662. The van der Waals surface area contributed by atoms with Gasteiger partial charge in [-0.05, 0) is 10.8 Å². The molecule has 0 aliphatic rings. The number of hydrogen-bond donors (Lipinski definition) is 0. The second-order valence-corrected chi connectivity index (χ2v) is 2.35. The Hall–Kier alpha value is -0.140. The van der Waals surface area contributed by atoms with Crippen LogP contribution in [0.15, 0.2) is 48.5 Å². The van der Waals surface area contributed by atoms with E-state index in [1.54, 1.807) is 0 Å². The van der Waals surface area contributed by atoms with Crippen molar-refractivity contribution in [2.24, 2.45) is 0 Å². The Morgan fingerprint density at radius 1 is 0.429 bits per heavy atom. The summed E-state index contributed by atoms with van der Waals surface area (Å²) in [5.41, 5.74) is 0. The fourth-order valence-electron chi connectivity index (χ4n) is 1.13. The maximum absolute atomic E-state index is 2.12. The first-order valence-electron chi connectivity index (χ1n) is 3.40. The third-order valence-electron chi connectivity index (χ3n) is 1.66. The summed E-state index contributed by atoms with van der Waals surface area (Å²) < 4.78 is 0. The molecule has 0 spiro atoms. The van der Waals surface area contributed by atoms with Crippen molar-refractivity contribution >= 4 is 60.4 Å². The molecule has 0 aliphatic heterocycles. The van der Waals surface area contributed by atoms with Gasteiger partial charge in [-0.2, -0.15) is 0 Å². The van der Waals surface area contributed by atoms with Crippen molar-refractivity contribution in [3.63, 3.8) is 0 Å². The molecular weight excluding hydrogens is 262 g/mol. The Morgan fingerprint density at radius 3 is 0.857 bits per heavy atom. The highest BCUT2D eigenvalue weighted by atomic mass is 35.5. The van der Waals surface area contributed by atoms with Gasteiger partial charge in [-0.3, -0.25) is 0 Å². The van der Waals surface area contributed by atoms with E-state index in [2.05, 4.69) is 48.5 Å². The minimum Gasteiger partial charge on any atom is -0.147 e. The van der Waals surface area contributed by atoms with E-state index in [0.717, 1.165) is 0 Å². The van der Waals surface area contributed by atoms with Crippen molar-refractivity contribution < 1.29 is 0 Å². The molecule has 0 saturated carbocycles. The SMILES string of the molecule is Cl.Cl.Cl.Cl.c1ccc2ccccc2c1. The number of hydrogen-bond acceptors (Lipinski definition) is 0. The number of halogens is 4. The molecule has 80 valence electrons. The average molecular weight is 274 g/mol. The van der Waals surface area contributed by atoms with Crippen LogP contribution in [0.1, 0.15) is 0 Å². The predicted octanol–water partition coefficient (Wildman–Crippen LogP) is 4.53. The van der Waals surface area contributed by atoms with Crippen LogP contribution in [0, 0.1) is 0 Å². The topological polar surface area (TPSA) is 0 Å². The lowest BCUT2D eigenvalue weighted by atomic mass is 10.1. The van der Waals surface area contributed by atoms with Gasteiger partial charge >= 0.3 is 0 Å². The number of rotatable bonds is 0. The fraction of sp³-hybridized carbons (Fsp3) is 0. The van der Waals surface area contributed by atoms with Crippen LogP contribution < -0.4 is 0 Å². The Kier molecular flexibility index (Phi) is 13.1. The lowest BCUT2D eigenvalue weighted by Crippen LogP contribution is -1.67. The smallest absolute Gasteiger partial charge is 0.0184 e. The summed E-state index contributed by atoms with van der Waals surface area (Å²) in [7, 11) is 0. The number of benzene rings is 2. The molecule has 0 saturated heterocycles. The molecule has 0 unspecified atom stereocenters. The average Bonchev–Trinajstić information content (AvgIpc) is 2.05. The van der Waals surface area contributed by atoms with Crippen molar-refractivity contribution in [3.05, 3.63) is 48.5 Å². The van der Waals surface area contributed by atoms with E-state index in [4.69, 9.17) is 0 Å².